The van der Waals surface area contributed by atoms with E-state index >= 15 is 0 Å². The molecule has 0 aliphatic heterocycles. The highest BCUT2D eigenvalue weighted by Crippen LogP contribution is 2.40. The second kappa shape index (κ2) is 12.0. The van der Waals surface area contributed by atoms with Gasteiger partial charge in [-0.15, -0.1) is 0 Å². The summed E-state index contributed by atoms with van der Waals surface area (Å²) in [4.78, 5) is 2.97. The van der Waals surface area contributed by atoms with Gasteiger partial charge in [0.25, 0.3) is 0 Å². The molecule has 0 atom stereocenters. The van der Waals surface area contributed by atoms with E-state index in [2.05, 4.69) is 0 Å². The maximum atomic E-state index is 14.9. The van der Waals surface area contributed by atoms with Crippen LogP contribution in [0.3, 0.4) is 0 Å². The summed E-state index contributed by atoms with van der Waals surface area (Å²) in [7, 11) is 0. The summed E-state index contributed by atoms with van der Waals surface area (Å²) >= 11 is 0. The van der Waals surface area contributed by atoms with Crippen molar-refractivity contribution >= 4 is 34.1 Å². The summed E-state index contributed by atoms with van der Waals surface area (Å²) in [6, 6.07) is 34.2. The maximum absolute atomic E-state index is 14.9. The van der Waals surface area contributed by atoms with E-state index in [1.54, 1.807) is 109 Å². The van der Waals surface area contributed by atoms with Gasteiger partial charge in [0, 0.05) is 47.0 Å². The fraction of sp³-hybridized carbons (Fsp3) is 0. The van der Waals surface area contributed by atoms with Gasteiger partial charge < -0.3 is 9.80 Å². The Labute approximate surface area is 249 Å². The molecule has 0 saturated carbocycles. The van der Waals surface area contributed by atoms with Crippen LogP contribution in [0.25, 0.3) is 11.1 Å². The number of rotatable bonds is 7. The normalized spacial score (nSPS) is 11.0. The third kappa shape index (κ3) is 5.62. The minimum Gasteiger partial charge on any atom is -0.308 e. The Morgan fingerprint density at radius 3 is 0.932 bits per heavy atom. The molecule has 0 N–H and O–H groups in total. The number of nitrogens with zero attached hydrogens (tertiary/aromatic N) is 2. The first-order valence-electron chi connectivity index (χ1n) is 13.5. The largest absolute Gasteiger partial charge is 0.308 e. The van der Waals surface area contributed by atoms with Gasteiger partial charge in [-0.3, -0.25) is 0 Å². The van der Waals surface area contributed by atoms with Crippen molar-refractivity contribution in [1.29, 1.82) is 0 Å². The summed E-state index contributed by atoms with van der Waals surface area (Å²) in [6.45, 7) is 0. The molecule has 0 unspecified atom stereocenters. The van der Waals surface area contributed by atoms with Gasteiger partial charge in [-0.25, -0.2) is 26.3 Å². The number of para-hydroxylation sites is 2. The Morgan fingerprint density at radius 2 is 0.591 bits per heavy atom. The third-order valence-corrected chi connectivity index (χ3v) is 7.07. The van der Waals surface area contributed by atoms with Crippen molar-refractivity contribution in [3.8, 4) is 11.1 Å². The van der Waals surface area contributed by atoms with E-state index in [1.165, 1.54) is 9.80 Å². The molecule has 0 radical (unpaired) electrons. The van der Waals surface area contributed by atoms with Gasteiger partial charge in [0.2, 0.25) is 0 Å². The number of hydrogen-bond acceptors (Lipinski definition) is 2. The van der Waals surface area contributed by atoms with E-state index in [4.69, 9.17) is 0 Å². The highest BCUT2D eigenvalue weighted by molar-refractivity contribution is 5.81. The maximum Gasteiger partial charge on any atom is 0.161 e. The average molecular weight is 597 g/mol. The van der Waals surface area contributed by atoms with Crippen LogP contribution in [0.4, 0.5) is 60.5 Å². The first kappa shape index (κ1) is 28.6. The van der Waals surface area contributed by atoms with Gasteiger partial charge in [0.15, 0.2) is 23.3 Å². The lowest BCUT2D eigenvalue weighted by Crippen LogP contribution is -2.12. The SMILES string of the molecule is Fc1cc(F)c(N(c2ccccc2)c2ccc(-c3ccc(N(c4ccccc4)c4cc(F)c(F)cc4F)cc3)cc2)cc1F. The predicted octanol–water partition coefficient (Wildman–Crippen LogP) is 11.1. The van der Waals surface area contributed by atoms with E-state index < -0.39 is 34.9 Å². The molecule has 2 nitrogen and oxygen atoms in total. The molecular weight excluding hydrogens is 574 g/mol. The molecule has 0 aliphatic carbocycles. The van der Waals surface area contributed by atoms with Gasteiger partial charge in [0.1, 0.15) is 11.6 Å². The van der Waals surface area contributed by atoms with E-state index in [0.29, 0.717) is 34.9 Å². The molecule has 0 saturated heterocycles. The zero-order chi connectivity index (χ0) is 30.8. The van der Waals surface area contributed by atoms with Crippen LogP contribution in [0.1, 0.15) is 0 Å². The second-order valence-electron chi connectivity index (χ2n) is 9.87. The quantitative estimate of drug-likeness (QED) is 0.134. The van der Waals surface area contributed by atoms with Crippen LogP contribution in [-0.4, -0.2) is 0 Å². The minimum atomic E-state index is -1.28. The van der Waals surface area contributed by atoms with Crippen LogP contribution in [0, 0.1) is 34.9 Å². The predicted molar refractivity (Wildman–Crippen MR) is 161 cm³/mol. The van der Waals surface area contributed by atoms with E-state index in [1.807, 2.05) is 0 Å². The van der Waals surface area contributed by atoms with Gasteiger partial charge in [-0.2, -0.15) is 0 Å². The number of halogens is 6. The highest BCUT2D eigenvalue weighted by atomic mass is 19.2. The zero-order valence-corrected chi connectivity index (χ0v) is 22.9. The van der Waals surface area contributed by atoms with Crippen molar-refractivity contribution in [2.75, 3.05) is 9.80 Å². The molecule has 0 heterocycles. The second-order valence-corrected chi connectivity index (χ2v) is 9.87. The Kier molecular flexibility index (Phi) is 7.81. The molecule has 0 fully saturated rings. The van der Waals surface area contributed by atoms with Gasteiger partial charge in [0.05, 0.1) is 11.4 Å². The summed E-state index contributed by atoms with van der Waals surface area (Å²) < 4.78 is 85.6. The lowest BCUT2D eigenvalue weighted by atomic mass is 10.0. The standard InChI is InChI=1S/C36H22F6N2/c37-29-19-33(41)35(21-31(29)39)43(25-7-3-1-4-8-25)27-15-11-23(12-16-27)24-13-17-28(18-14-24)44(26-9-5-2-6-10-26)36-22-32(40)30(38)20-34(36)42/h1-22H. The van der Waals surface area contributed by atoms with E-state index in [-0.39, 0.29) is 11.4 Å². The molecule has 8 heteroatoms. The third-order valence-electron chi connectivity index (χ3n) is 7.07. The first-order chi connectivity index (χ1) is 21.3. The summed E-state index contributed by atoms with van der Waals surface area (Å²) in [6.07, 6.45) is 0. The van der Waals surface area contributed by atoms with Crippen LogP contribution in [0.2, 0.25) is 0 Å². The van der Waals surface area contributed by atoms with Crippen LogP contribution in [0.5, 0.6) is 0 Å². The van der Waals surface area contributed by atoms with Crippen LogP contribution in [-0.2, 0) is 0 Å². The van der Waals surface area contributed by atoms with Crippen molar-refractivity contribution in [2.24, 2.45) is 0 Å². The van der Waals surface area contributed by atoms with E-state index in [0.717, 1.165) is 23.3 Å². The smallest absolute Gasteiger partial charge is 0.161 e. The first-order valence-corrected chi connectivity index (χ1v) is 13.5. The fourth-order valence-corrected chi connectivity index (χ4v) is 4.98. The molecule has 218 valence electrons. The molecule has 0 bridgehead atoms. The van der Waals surface area contributed by atoms with Crippen LogP contribution < -0.4 is 9.80 Å². The Balaban J connectivity index is 1.35. The summed E-state index contributed by atoms with van der Waals surface area (Å²) in [5.41, 5.74) is 3.35. The van der Waals surface area contributed by atoms with Gasteiger partial charge in [-0.05, 0) is 59.7 Å². The highest BCUT2D eigenvalue weighted by Gasteiger charge is 2.21. The van der Waals surface area contributed by atoms with Crippen molar-refractivity contribution < 1.29 is 26.3 Å². The fourth-order valence-electron chi connectivity index (χ4n) is 4.98. The number of anilines is 6. The summed E-state index contributed by atoms with van der Waals surface area (Å²) in [5.74, 6) is -6.76. The molecule has 0 spiro atoms. The molecule has 44 heavy (non-hydrogen) atoms. The van der Waals surface area contributed by atoms with Gasteiger partial charge >= 0.3 is 0 Å². The molecular formula is C36H22F6N2. The molecule has 0 aromatic heterocycles. The van der Waals surface area contributed by atoms with Crippen molar-refractivity contribution in [2.45, 2.75) is 0 Å². The Morgan fingerprint density at radius 1 is 0.295 bits per heavy atom. The minimum absolute atomic E-state index is 0.155. The molecule has 0 aliphatic rings. The summed E-state index contributed by atoms with van der Waals surface area (Å²) in [5, 5.41) is 0. The molecule has 6 aromatic carbocycles. The Hall–Kier alpha value is -5.50. The number of hydrogen-bond donors (Lipinski definition) is 0. The zero-order valence-electron chi connectivity index (χ0n) is 22.9. The average Bonchev–Trinajstić information content (AvgIpc) is 3.04. The lowest BCUT2D eigenvalue weighted by Gasteiger charge is -2.26. The van der Waals surface area contributed by atoms with Gasteiger partial charge in [-0.1, -0.05) is 60.7 Å². The topological polar surface area (TPSA) is 6.48 Å². The molecule has 0 amide bonds. The Bertz CT molecular complexity index is 1770. The van der Waals surface area contributed by atoms with Crippen LogP contribution >= 0.6 is 0 Å². The van der Waals surface area contributed by atoms with Crippen molar-refractivity contribution in [1.82, 2.24) is 0 Å². The van der Waals surface area contributed by atoms with Crippen molar-refractivity contribution in [3.63, 3.8) is 0 Å². The monoisotopic (exact) mass is 596 g/mol. The lowest BCUT2D eigenvalue weighted by molar-refractivity contribution is 0.495. The molecule has 6 rings (SSSR count). The van der Waals surface area contributed by atoms with E-state index in [9.17, 15) is 26.3 Å². The van der Waals surface area contributed by atoms with Crippen LogP contribution in [0.15, 0.2) is 133 Å². The van der Waals surface area contributed by atoms with Crippen molar-refractivity contribution in [3.05, 3.63) is 168 Å². The molecule has 6 aromatic rings. The number of benzene rings is 6.